The summed E-state index contributed by atoms with van der Waals surface area (Å²) < 4.78 is 0. The maximum Gasteiger partial charge on any atom is 0.0314 e. The van der Waals surface area contributed by atoms with Gasteiger partial charge in [-0.3, -0.25) is 4.90 Å². The zero-order valence-corrected chi connectivity index (χ0v) is 9.61. The van der Waals surface area contributed by atoms with Gasteiger partial charge in [-0.25, -0.2) is 0 Å². The van der Waals surface area contributed by atoms with E-state index in [2.05, 4.69) is 37.5 Å². The molecule has 15 heavy (non-hydrogen) atoms. The van der Waals surface area contributed by atoms with Crippen molar-refractivity contribution in [1.29, 1.82) is 0 Å². The highest BCUT2D eigenvalue weighted by atomic mass is 15.1. The van der Waals surface area contributed by atoms with Crippen molar-refractivity contribution in [3.05, 3.63) is 42.5 Å². The summed E-state index contributed by atoms with van der Waals surface area (Å²) >= 11 is 0. The van der Waals surface area contributed by atoms with Crippen molar-refractivity contribution in [2.45, 2.75) is 26.4 Å². The Kier molecular flexibility index (Phi) is 4.37. The van der Waals surface area contributed by atoms with Crippen LogP contribution in [0.5, 0.6) is 0 Å². The third-order valence-electron chi connectivity index (χ3n) is 2.46. The number of nitrogens with two attached hydrogens (primary N) is 1. The third kappa shape index (κ3) is 3.76. The van der Waals surface area contributed by atoms with Crippen molar-refractivity contribution in [3.63, 3.8) is 0 Å². The molecule has 0 atom stereocenters. The smallest absolute Gasteiger partial charge is 0.0314 e. The summed E-state index contributed by atoms with van der Waals surface area (Å²) in [6.45, 7) is 10.0. The molecular weight excluding hydrogens is 184 g/mol. The van der Waals surface area contributed by atoms with E-state index >= 15 is 0 Å². The van der Waals surface area contributed by atoms with E-state index < -0.39 is 0 Å². The van der Waals surface area contributed by atoms with Gasteiger partial charge in [0.05, 0.1) is 0 Å². The molecule has 0 spiro atoms. The zero-order chi connectivity index (χ0) is 11.3. The largest absolute Gasteiger partial charge is 0.399 e. The van der Waals surface area contributed by atoms with Crippen LogP contribution in [0.1, 0.15) is 19.4 Å². The number of anilines is 1. The predicted octanol–water partition coefficient (Wildman–Crippen LogP) is 2.67. The molecule has 0 aliphatic carbocycles. The SMILES string of the molecule is C=CCN(Cc1ccc(N)cc1)C(C)C. The van der Waals surface area contributed by atoms with Gasteiger partial charge in [-0.2, -0.15) is 0 Å². The Morgan fingerprint density at radius 3 is 2.40 bits per heavy atom. The molecule has 0 radical (unpaired) electrons. The maximum atomic E-state index is 5.65. The van der Waals surface area contributed by atoms with E-state index in [1.165, 1.54) is 5.56 Å². The molecule has 0 aliphatic heterocycles. The Hall–Kier alpha value is -1.28. The summed E-state index contributed by atoms with van der Waals surface area (Å²) in [6.07, 6.45) is 1.94. The standard InChI is InChI=1S/C13H20N2/c1-4-9-15(11(2)3)10-12-5-7-13(14)8-6-12/h4-8,11H,1,9-10,14H2,2-3H3. The highest BCUT2D eigenvalue weighted by Crippen LogP contribution is 2.10. The van der Waals surface area contributed by atoms with Crippen molar-refractivity contribution in [2.75, 3.05) is 12.3 Å². The highest BCUT2D eigenvalue weighted by molar-refractivity contribution is 5.39. The average molecular weight is 204 g/mol. The van der Waals surface area contributed by atoms with Gasteiger partial charge in [0.15, 0.2) is 0 Å². The molecule has 0 unspecified atom stereocenters. The highest BCUT2D eigenvalue weighted by Gasteiger charge is 2.07. The van der Waals surface area contributed by atoms with Gasteiger partial charge in [0.2, 0.25) is 0 Å². The molecular formula is C13H20N2. The lowest BCUT2D eigenvalue weighted by molar-refractivity contribution is 0.237. The number of hydrogen-bond acceptors (Lipinski definition) is 2. The van der Waals surface area contributed by atoms with Crippen molar-refractivity contribution in [1.82, 2.24) is 4.90 Å². The first-order valence-electron chi connectivity index (χ1n) is 5.33. The summed E-state index contributed by atoms with van der Waals surface area (Å²) in [4.78, 5) is 2.36. The van der Waals surface area contributed by atoms with Crippen molar-refractivity contribution >= 4 is 5.69 Å². The second-order valence-corrected chi connectivity index (χ2v) is 4.05. The minimum Gasteiger partial charge on any atom is -0.399 e. The first kappa shape index (κ1) is 11.8. The molecule has 82 valence electrons. The van der Waals surface area contributed by atoms with Gasteiger partial charge in [-0.15, -0.1) is 6.58 Å². The summed E-state index contributed by atoms with van der Waals surface area (Å²) in [7, 11) is 0. The summed E-state index contributed by atoms with van der Waals surface area (Å²) in [5.41, 5.74) is 7.76. The fourth-order valence-electron chi connectivity index (χ4n) is 1.48. The van der Waals surface area contributed by atoms with E-state index in [-0.39, 0.29) is 0 Å². The van der Waals surface area contributed by atoms with Crippen LogP contribution in [0, 0.1) is 0 Å². The molecule has 0 fully saturated rings. The van der Waals surface area contributed by atoms with Crippen molar-refractivity contribution in [3.8, 4) is 0 Å². The lowest BCUT2D eigenvalue weighted by Crippen LogP contribution is -2.30. The molecule has 1 aromatic carbocycles. The van der Waals surface area contributed by atoms with E-state index in [1.54, 1.807) is 0 Å². The van der Waals surface area contributed by atoms with Crippen LogP contribution in [0.4, 0.5) is 5.69 Å². The van der Waals surface area contributed by atoms with E-state index in [1.807, 2.05) is 18.2 Å². The van der Waals surface area contributed by atoms with E-state index in [0.717, 1.165) is 18.8 Å². The number of rotatable bonds is 5. The Bertz CT molecular complexity index is 301. The Labute approximate surface area is 92.4 Å². The van der Waals surface area contributed by atoms with Crippen molar-refractivity contribution in [2.24, 2.45) is 0 Å². The lowest BCUT2D eigenvalue weighted by Gasteiger charge is -2.25. The summed E-state index contributed by atoms with van der Waals surface area (Å²) in [6, 6.07) is 8.58. The normalized spacial score (nSPS) is 10.9. The third-order valence-corrected chi connectivity index (χ3v) is 2.46. The van der Waals surface area contributed by atoms with Gasteiger partial charge in [0.25, 0.3) is 0 Å². The summed E-state index contributed by atoms with van der Waals surface area (Å²) in [5, 5.41) is 0. The topological polar surface area (TPSA) is 29.3 Å². The molecule has 0 saturated carbocycles. The van der Waals surface area contributed by atoms with Crippen molar-refractivity contribution < 1.29 is 0 Å². The molecule has 2 heteroatoms. The van der Waals surface area contributed by atoms with E-state index in [0.29, 0.717) is 6.04 Å². The van der Waals surface area contributed by atoms with Crippen LogP contribution < -0.4 is 5.73 Å². The first-order chi connectivity index (χ1) is 7.13. The van der Waals surface area contributed by atoms with Crippen LogP contribution in [0.2, 0.25) is 0 Å². The van der Waals surface area contributed by atoms with Gasteiger partial charge >= 0.3 is 0 Å². The fraction of sp³-hybridized carbons (Fsp3) is 0.385. The molecule has 2 nitrogen and oxygen atoms in total. The van der Waals surface area contributed by atoms with Crippen LogP contribution >= 0.6 is 0 Å². The molecule has 1 aromatic rings. The Morgan fingerprint density at radius 2 is 1.93 bits per heavy atom. The minimum absolute atomic E-state index is 0.528. The average Bonchev–Trinajstić information content (AvgIpc) is 2.20. The van der Waals surface area contributed by atoms with Crippen LogP contribution in [-0.2, 0) is 6.54 Å². The molecule has 0 amide bonds. The van der Waals surface area contributed by atoms with Crippen LogP contribution in [0.3, 0.4) is 0 Å². The molecule has 0 saturated heterocycles. The number of hydrogen-bond donors (Lipinski definition) is 1. The van der Waals surface area contributed by atoms with Gasteiger partial charge in [0.1, 0.15) is 0 Å². The number of benzene rings is 1. The van der Waals surface area contributed by atoms with E-state index in [4.69, 9.17) is 5.73 Å². The molecule has 1 rings (SSSR count). The summed E-state index contributed by atoms with van der Waals surface area (Å²) in [5.74, 6) is 0. The maximum absolute atomic E-state index is 5.65. The Balaban J connectivity index is 2.65. The molecule has 2 N–H and O–H groups in total. The quantitative estimate of drug-likeness (QED) is 0.590. The van der Waals surface area contributed by atoms with Gasteiger partial charge in [0, 0.05) is 24.8 Å². The van der Waals surface area contributed by atoms with E-state index in [9.17, 15) is 0 Å². The Morgan fingerprint density at radius 1 is 1.33 bits per heavy atom. The molecule has 0 heterocycles. The second kappa shape index (κ2) is 5.56. The van der Waals surface area contributed by atoms with Gasteiger partial charge in [-0.05, 0) is 31.5 Å². The predicted molar refractivity (Wildman–Crippen MR) is 66.6 cm³/mol. The van der Waals surface area contributed by atoms with Crippen LogP contribution in [-0.4, -0.2) is 17.5 Å². The number of nitrogens with zero attached hydrogens (tertiary/aromatic N) is 1. The minimum atomic E-state index is 0.528. The molecule has 0 aliphatic rings. The fourth-order valence-corrected chi connectivity index (χ4v) is 1.48. The molecule has 0 aromatic heterocycles. The lowest BCUT2D eigenvalue weighted by atomic mass is 10.1. The monoisotopic (exact) mass is 204 g/mol. The van der Waals surface area contributed by atoms with Gasteiger partial charge < -0.3 is 5.73 Å². The van der Waals surface area contributed by atoms with Crippen LogP contribution in [0.15, 0.2) is 36.9 Å². The molecule has 0 bridgehead atoms. The zero-order valence-electron chi connectivity index (χ0n) is 9.61. The van der Waals surface area contributed by atoms with Gasteiger partial charge in [-0.1, -0.05) is 18.2 Å². The number of nitrogen functional groups attached to an aromatic ring is 1. The first-order valence-corrected chi connectivity index (χ1v) is 5.33. The second-order valence-electron chi connectivity index (χ2n) is 4.05. The van der Waals surface area contributed by atoms with Crippen LogP contribution in [0.25, 0.3) is 0 Å².